The van der Waals surface area contributed by atoms with Gasteiger partial charge in [0.05, 0.1) is 37.6 Å². The molecule has 2 aromatic carbocycles. The van der Waals surface area contributed by atoms with E-state index in [2.05, 4.69) is 63.2 Å². The lowest BCUT2D eigenvalue weighted by molar-refractivity contribution is 0.0287. The zero-order valence-corrected chi connectivity index (χ0v) is 23.2. The quantitative estimate of drug-likeness (QED) is 0.386. The normalized spacial score (nSPS) is 24.3. The van der Waals surface area contributed by atoms with Crippen LogP contribution in [0.5, 0.6) is 6.01 Å². The summed E-state index contributed by atoms with van der Waals surface area (Å²) in [4.78, 5) is 17.4. The van der Waals surface area contributed by atoms with Gasteiger partial charge in [0.2, 0.25) is 0 Å². The van der Waals surface area contributed by atoms with Gasteiger partial charge in [-0.3, -0.25) is 4.90 Å². The zero-order chi connectivity index (χ0) is 26.9. The largest absolute Gasteiger partial charge is 0.463 e. The van der Waals surface area contributed by atoms with Crippen molar-refractivity contribution in [3.8, 4) is 12.1 Å². The van der Waals surface area contributed by atoms with E-state index >= 15 is 0 Å². The van der Waals surface area contributed by atoms with Gasteiger partial charge in [0.1, 0.15) is 5.82 Å². The highest BCUT2D eigenvalue weighted by Gasteiger charge is 2.38. The molecule has 1 unspecified atom stereocenters. The van der Waals surface area contributed by atoms with Crippen molar-refractivity contribution >= 4 is 22.3 Å². The Morgan fingerprint density at radius 3 is 2.85 bits per heavy atom. The maximum absolute atomic E-state index is 9.33. The lowest BCUT2D eigenvalue weighted by Crippen LogP contribution is -2.39. The number of hydrogen-bond acceptors (Lipinski definition) is 8. The Labute approximate surface area is 236 Å². The van der Waals surface area contributed by atoms with Crippen LogP contribution in [-0.2, 0) is 17.7 Å². The average Bonchev–Trinajstić information content (AvgIpc) is 3.62. The minimum atomic E-state index is 0.393. The molecule has 3 atom stereocenters. The van der Waals surface area contributed by atoms with Crippen LogP contribution in [0.4, 0.5) is 11.5 Å². The van der Waals surface area contributed by atoms with Crippen LogP contribution in [0.3, 0.4) is 0 Å². The first-order valence-corrected chi connectivity index (χ1v) is 15.0. The van der Waals surface area contributed by atoms with Crippen molar-refractivity contribution in [1.29, 1.82) is 5.26 Å². The SMILES string of the molecule is N#CCC1CCCN(c2nc(OCCCN3C[C@@H]4C[C@H]3CO4)nc3c2CCN(c2cccc4ccccc24)C3)C1. The second kappa shape index (κ2) is 11.2. The molecule has 0 amide bonds. The van der Waals surface area contributed by atoms with Crippen LogP contribution < -0.4 is 14.5 Å². The fourth-order valence-corrected chi connectivity index (χ4v) is 7.14. The number of aromatic nitrogens is 2. The first-order valence-electron chi connectivity index (χ1n) is 15.0. The van der Waals surface area contributed by atoms with Gasteiger partial charge in [0.25, 0.3) is 0 Å². The lowest BCUT2D eigenvalue weighted by Gasteiger charge is -2.37. The Morgan fingerprint density at radius 2 is 1.98 bits per heavy atom. The van der Waals surface area contributed by atoms with Crippen LogP contribution >= 0.6 is 0 Å². The second-order valence-corrected chi connectivity index (χ2v) is 11.8. The van der Waals surface area contributed by atoms with Gasteiger partial charge in [-0.15, -0.1) is 0 Å². The number of fused-ring (bicyclic) bond motifs is 4. The van der Waals surface area contributed by atoms with Crippen molar-refractivity contribution < 1.29 is 9.47 Å². The van der Waals surface area contributed by atoms with E-state index in [-0.39, 0.29) is 0 Å². The fourth-order valence-electron chi connectivity index (χ4n) is 7.14. The zero-order valence-electron chi connectivity index (χ0n) is 23.2. The van der Waals surface area contributed by atoms with Crippen molar-refractivity contribution in [2.75, 3.05) is 55.7 Å². The summed E-state index contributed by atoms with van der Waals surface area (Å²) in [7, 11) is 0. The number of benzene rings is 2. The predicted octanol–water partition coefficient (Wildman–Crippen LogP) is 4.56. The molecular formula is C32H38N6O2. The van der Waals surface area contributed by atoms with Crippen LogP contribution in [0.2, 0.25) is 0 Å². The molecule has 40 heavy (non-hydrogen) atoms. The summed E-state index contributed by atoms with van der Waals surface area (Å²) in [5.74, 6) is 1.42. The molecule has 5 heterocycles. The van der Waals surface area contributed by atoms with Crippen LogP contribution in [-0.4, -0.2) is 73.0 Å². The topological polar surface area (TPSA) is 77.8 Å². The molecule has 0 spiro atoms. The summed E-state index contributed by atoms with van der Waals surface area (Å²) in [6.07, 6.45) is 6.25. The number of nitrogens with zero attached hydrogens (tertiary/aromatic N) is 6. The van der Waals surface area contributed by atoms with Crippen molar-refractivity contribution in [2.45, 2.75) is 57.2 Å². The van der Waals surface area contributed by atoms with E-state index < -0.39 is 0 Å². The molecule has 0 saturated carbocycles. The molecule has 0 N–H and O–H groups in total. The number of ether oxygens (including phenoxy) is 2. The number of likely N-dealkylation sites (tertiary alicyclic amines) is 1. The summed E-state index contributed by atoms with van der Waals surface area (Å²) >= 11 is 0. The molecule has 8 nitrogen and oxygen atoms in total. The summed E-state index contributed by atoms with van der Waals surface area (Å²) in [6.45, 7) is 7.07. The molecule has 3 saturated heterocycles. The molecule has 4 aliphatic heterocycles. The molecule has 1 aromatic heterocycles. The number of piperidine rings is 1. The third kappa shape index (κ3) is 5.09. The lowest BCUT2D eigenvalue weighted by atomic mass is 9.94. The minimum absolute atomic E-state index is 0.393. The second-order valence-electron chi connectivity index (χ2n) is 11.8. The van der Waals surface area contributed by atoms with Gasteiger partial charge >= 0.3 is 6.01 Å². The molecule has 3 aromatic rings. The Kier molecular flexibility index (Phi) is 7.17. The van der Waals surface area contributed by atoms with Crippen molar-refractivity contribution in [3.63, 3.8) is 0 Å². The molecule has 0 aliphatic carbocycles. The summed E-state index contributed by atoms with van der Waals surface area (Å²) < 4.78 is 12.0. The Morgan fingerprint density at radius 1 is 1.05 bits per heavy atom. The van der Waals surface area contributed by atoms with Gasteiger partial charge in [-0.1, -0.05) is 36.4 Å². The highest BCUT2D eigenvalue weighted by atomic mass is 16.5. The van der Waals surface area contributed by atoms with E-state index in [9.17, 15) is 5.26 Å². The monoisotopic (exact) mass is 538 g/mol. The third-order valence-electron chi connectivity index (χ3n) is 9.16. The van der Waals surface area contributed by atoms with Crippen molar-refractivity contribution in [3.05, 3.63) is 53.7 Å². The van der Waals surface area contributed by atoms with Crippen LogP contribution in [0.15, 0.2) is 42.5 Å². The molecule has 208 valence electrons. The van der Waals surface area contributed by atoms with Crippen LogP contribution in [0.1, 0.15) is 43.4 Å². The van der Waals surface area contributed by atoms with E-state index in [1.165, 1.54) is 28.4 Å². The summed E-state index contributed by atoms with van der Waals surface area (Å²) in [5, 5.41) is 11.9. The van der Waals surface area contributed by atoms with Gasteiger partial charge in [-0.2, -0.15) is 15.2 Å². The maximum Gasteiger partial charge on any atom is 0.318 e. The van der Waals surface area contributed by atoms with E-state index in [4.69, 9.17) is 19.4 Å². The number of rotatable bonds is 8. The van der Waals surface area contributed by atoms with E-state index in [0.29, 0.717) is 37.1 Å². The first kappa shape index (κ1) is 25.6. The first-order chi connectivity index (χ1) is 19.7. The molecule has 3 fully saturated rings. The Hall–Kier alpha value is -3.41. The third-order valence-corrected chi connectivity index (χ3v) is 9.16. The molecular weight excluding hydrogens is 500 g/mol. The fraction of sp³-hybridized carbons (Fsp3) is 0.531. The molecule has 4 aliphatic rings. The average molecular weight is 539 g/mol. The predicted molar refractivity (Wildman–Crippen MR) is 156 cm³/mol. The van der Waals surface area contributed by atoms with Gasteiger partial charge in [0, 0.05) is 61.8 Å². The van der Waals surface area contributed by atoms with Gasteiger partial charge < -0.3 is 19.3 Å². The number of morpholine rings is 1. The smallest absolute Gasteiger partial charge is 0.318 e. The van der Waals surface area contributed by atoms with Gasteiger partial charge in [-0.25, -0.2) is 0 Å². The Balaban J connectivity index is 1.12. The standard InChI is InChI=1S/C32H38N6O2/c33-13-11-23-6-4-14-38(19-23)31-28-12-16-37(30-10-3-8-24-7-1-2-9-27(24)30)21-29(28)34-32(35-31)39-17-5-15-36-20-26-18-25(36)22-40-26/h1-3,7-10,23,25-26H,4-6,11-12,14-22H2/t23?,25-,26-/m0/s1. The van der Waals surface area contributed by atoms with Gasteiger partial charge in [0.15, 0.2) is 0 Å². The minimum Gasteiger partial charge on any atom is -0.463 e. The van der Waals surface area contributed by atoms with Crippen LogP contribution in [0.25, 0.3) is 10.8 Å². The molecule has 7 rings (SSSR count). The number of anilines is 2. The molecule has 2 bridgehead atoms. The molecule has 8 heteroatoms. The number of hydrogen-bond donors (Lipinski definition) is 0. The van der Waals surface area contributed by atoms with Crippen molar-refractivity contribution in [2.24, 2.45) is 5.92 Å². The van der Waals surface area contributed by atoms with Gasteiger partial charge in [-0.05, 0) is 49.5 Å². The highest BCUT2D eigenvalue weighted by Crippen LogP contribution is 2.35. The van der Waals surface area contributed by atoms with E-state index in [1.807, 2.05) is 0 Å². The van der Waals surface area contributed by atoms with Crippen LogP contribution in [0, 0.1) is 17.2 Å². The summed E-state index contributed by atoms with van der Waals surface area (Å²) in [5.41, 5.74) is 3.56. The highest BCUT2D eigenvalue weighted by molar-refractivity contribution is 5.94. The van der Waals surface area contributed by atoms with E-state index in [1.54, 1.807) is 0 Å². The maximum atomic E-state index is 9.33. The van der Waals surface area contributed by atoms with E-state index in [0.717, 1.165) is 83.1 Å². The van der Waals surface area contributed by atoms with Crippen molar-refractivity contribution in [1.82, 2.24) is 14.9 Å². The number of nitriles is 1. The molecule has 0 radical (unpaired) electrons. The Bertz CT molecular complexity index is 1400. The summed E-state index contributed by atoms with van der Waals surface area (Å²) in [6, 6.07) is 18.6.